The second kappa shape index (κ2) is 7.55. The van der Waals surface area contributed by atoms with Gasteiger partial charge >= 0.3 is 0 Å². The van der Waals surface area contributed by atoms with E-state index in [9.17, 15) is 13.2 Å². The standard InChI is InChI=1S/C21H32N2O3S/c1-5-23(6-2)27(25,26)19-14-18(9-8-16(19)3)20(24)22-13-10-17(4)21(15-22)11-7-12-21/h8-9,14,17H,5-7,10-13,15H2,1-4H3/t17-/m1/s1. The molecule has 0 N–H and O–H groups in total. The van der Waals surface area contributed by atoms with Gasteiger partial charge in [0.2, 0.25) is 10.0 Å². The van der Waals surface area contributed by atoms with Crippen molar-refractivity contribution in [1.29, 1.82) is 0 Å². The van der Waals surface area contributed by atoms with Gasteiger partial charge in [-0.15, -0.1) is 0 Å². The van der Waals surface area contributed by atoms with Crippen LogP contribution >= 0.6 is 0 Å². The highest BCUT2D eigenvalue weighted by Crippen LogP contribution is 2.51. The van der Waals surface area contributed by atoms with E-state index in [0.717, 1.165) is 19.5 Å². The molecule has 1 aromatic rings. The molecule has 1 atom stereocenters. The van der Waals surface area contributed by atoms with E-state index in [1.165, 1.54) is 23.6 Å². The predicted octanol–water partition coefficient (Wildman–Crippen LogP) is 3.68. The van der Waals surface area contributed by atoms with E-state index in [0.29, 0.717) is 30.1 Å². The van der Waals surface area contributed by atoms with Gasteiger partial charge in [-0.3, -0.25) is 4.79 Å². The number of sulfonamides is 1. The molecule has 6 heteroatoms. The molecule has 0 bridgehead atoms. The van der Waals surface area contributed by atoms with E-state index in [2.05, 4.69) is 6.92 Å². The Morgan fingerprint density at radius 1 is 1.26 bits per heavy atom. The highest BCUT2D eigenvalue weighted by Gasteiger charge is 2.46. The van der Waals surface area contributed by atoms with Crippen molar-refractivity contribution < 1.29 is 13.2 Å². The fraction of sp³-hybridized carbons (Fsp3) is 0.667. The smallest absolute Gasteiger partial charge is 0.253 e. The molecular formula is C21H32N2O3S. The van der Waals surface area contributed by atoms with Crippen molar-refractivity contribution in [2.45, 2.75) is 58.3 Å². The minimum atomic E-state index is -3.58. The van der Waals surface area contributed by atoms with Crippen molar-refractivity contribution in [2.75, 3.05) is 26.2 Å². The first-order valence-corrected chi connectivity index (χ1v) is 11.6. The van der Waals surface area contributed by atoms with Crippen LogP contribution in [0.2, 0.25) is 0 Å². The topological polar surface area (TPSA) is 57.7 Å². The minimum Gasteiger partial charge on any atom is -0.338 e. The fourth-order valence-corrected chi connectivity index (χ4v) is 6.33. The van der Waals surface area contributed by atoms with Gasteiger partial charge in [0.15, 0.2) is 0 Å². The molecule has 1 amide bonds. The summed E-state index contributed by atoms with van der Waals surface area (Å²) >= 11 is 0. The molecule has 1 saturated carbocycles. The summed E-state index contributed by atoms with van der Waals surface area (Å²) in [6, 6.07) is 5.11. The van der Waals surface area contributed by atoms with Crippen molar-refractivity contribution in [3.63, 3.8) is 0 Å². The van der Waals surface area contributed by atoms with E-state index in [4.69, 9.17) is 0 Å². The van der Waals surface area contributed by atoms with Crippen LogP contribution in [0.4, 0.5) is 0 Å². The molecule has 0 radical (unpaired) electrons. The Labute approximate surface area is 163 Å². The van der Waals surface area contributed by atoms with E-state index in [1.54, 1.807) is 25.1 Å². The number of aryl methyl sites for hydroxylation is 1. The third kappa shape index (κ3) is 3.54. The Kier molecular flexibility index (Phi) is 5.69. The van der Waals surface area contributed by atoms with Gasteiger partial charge in [0, 0.05) is 31.7 Å². The summed E-state index contributed by atoms with van der Waals surface area (Å²) in [5.41, 5.74) is 1.45. The minimum absolute atomic E-state index is 0.0378. The molecule has 150 valence electrons. The Balaban J connectivity index is 1.88. The summed E-state index contributed by atoms with van der Waals surface area (Å²) in [5, 5.41) is 0. The lowest BCUT2D eigenvalue weighted by molar-refractivity contribution is -0.0208. The van der Waals surface area contributed by atoms with Gasteiger partial charge in [0.1, 0.15) is 0 Å². The van der Waals surface area contributed by atoms with Gasteiger partial charge in [0.25, 0.3) is 5.91 Å². The van der Waals surface area contributed by atoms with Gasteiger partial charge in [-0.1, -0.05) is 33.3 Å². The van der Waals surface area contributed by atoms with Crippen LogP contribution in [0.1, 0.15) is 62.4 Å². The maximum Gasteiger partial charge on any atom is 0.253 e. The van der Waals surface area contributed by atoms with Crippen molar-refractivity contribution in [3.8, 4) is 0 Å². The van der Waals surface area contributed by atoms with Crippen LogP contribution in [0.3, 0.4) is 0 Å². The van der Waals surface area contributed by atoms with E-state index in [1.807, 2.05) is 18.7 Å². The number of rotatable bonds is 5. The zero-order chi connectivity index (χ0) is 19.8. The van der Waals surface area contributed by atoms with Gasteiger partial charge < -0.3 is 4.90 Å². The number of nitrogens with zero attached hydrogens (tertiary/aromatic N) is 2. The Morgan fingerprint density at radius 2 is 1.93 bits per heavy atom. The van der Waals surface area contributed by atoms with E-state index < -0.39 is 10.0 Å². The van der Waals surface area contributed by atoms with Gasteiger partial charge in [-0.05, 0) is 55.2 Å². The summed E-state index contributed by atoms with van der Waals surface area (Å²) in [6.07, 6.45) is 4.69. The molecule has 1 heterocycles. The Hall–Kier alpha value is -1.40. The molecule has 2 fully saturated rings. The van der Waals surface area contributed by atoms with Crippen LogP contribution in [-0.4, -0.2) is 49.7 Å². The van der Waals surface area contributed by atoms with E-state index >= 15 is 0 Å². The van der Waals surface area contributed by atoms with Crippen molar-refractivity contribution in [3.05, 3.63) is 29.3 Å². The Bertz CT molecular complexity index is 811. The SMILES string of the molecule is CCN(CC)S(=O)(=O)c1cc(C(=O)N2CC[C@@H](C)C3(CCC3)C2)ccc1C. The molecule has 2 aliphatic rings. The van der Waals surface area contributed by atoms with Crippen LogP contribution in [0.15, 0.2) is 23.1 Å². The highest BCUT2D eigenvalue weighted by atomic mass is 32.2. The molecule has 3 rings (SSSR count). The number of carbonyl (C=O) groups is 1. The Morgan fingerprint density at radius 3 is 2.48 bits per heavy atom. The van der Waals surface area contributed by atoms with Crippen LogP contribution in [-0.2, 0) is 10.0 Å². The molecule has 1 spiro atoms. The second-order valence-electron chi connectivity index (χ2n) is 8.20. The summed E-state index contributed by atoms with van der Waals surface area (Å²) in [4.78, 5) is 15.3. The van der Waals surface area contributed by atoms with Crippen LogP contribution in [0.5, 0.6) is 0 Å². The molecule has 5 nitrogen and oxygen atoms in total. The fourth-order valence-electron chi connectivity index (χ4n) is 4.62. The molecule has 1 aromatic carbocycles. The molecular weight excluding hydrogens is 360 g/mol. The number of piperidine rings is 1. The number of benzene rings is 1. The first-order valence-electron chi connectivity index (χ1n) is 10.1. The zero-order valence-electron chi connectivity index (χ0n) is 17.0. The summed E-state index contributed by atoms with van der Waals surface area (Å²) < 4.78 is 27.4. The molecule has 0 unspecified atom stereocenters. The largest absolute Gasteiger partial charge is 0.338 e. The summed E-state index contributed by atoms with van der Waals surface area (Å²) in [6.45, 7) is 10.2. The first kappa shape index (κ1) is 20.3. The molecule has 1 aliphatic carbocycles. The van der Waals surface area contributed by atoms with Crippen molar-refractivity contribution in [1.82, 2.24) is 9.21 Å². The van der Waals surface area contributed by atoms with Crippen molar-refractivity contribution >= 4 is 15.9 Å². The third-order valence-electron chi connectivity index (χ3n) is 6.78. The molecule has 0 aromatic heterocycles. The summed E-state index contributed by atoms with van der Waals surface area (Å²) in [5.74, 6) is 0.621. The first-order chi connectivity index (χ1) is 12.7. The van der Waals surface area contributed by atoms with Crippen LogP contribution < -0.4 is 0 Å². The van der Waals surface area contributed by atoms with Gasteiger partial charge in [0.05, 0.1) is 4.90 Å². The lowest BCUT2D eigenvalue weighted by Crippen LogP contribution is -2.53. The van der Waals surface area contributed by atoms with E-state index in [-0.39, 0.29) is 16.2 Å². The number of amides is 1. The summed E-state index contributed by atoms with van der Waals surface area (Å²) in [7, 11) is -3.58. The third-order valence-corrected chi connectivity index (χ3v) is 8.97. The van der Waals surface area contributed by atoms with Gasteiger partial charge in [-0.25, -0.2) is 8.42 Å². The van der Waals surface area contributed by atoms with Crippen LogP contribution in [0.25, 0.3) is 0 Å². The average molecular weight is 393 g/mol. The van der Waals surface area contributed by atoms with Crippen LogP contribution in [0, 0.1) is 18.3 Å². The van der Waals surface area contributed by atoms with Gasteiger partial charge in [-0.2, -0.15) is 4.31 Å². The second-order valence-corrected chi connectivity index (χ2v) is 10.1. The number of likely N-dealkylation sites (tertiary alicyclic amines) is 1. The zero-order valence-corrected chi connectivity index (χ0v) is 17.8. The normalized spacial score (nSPS) is 22.1. The lowest BCUT2D eigenvalue weighted by atomic mass is 9.59. The predicted molar refractivity (Wildman–Crippen MR) is 107 cm³/mol. The molecule has 27 heavy (non-hydrogen) atoms. The molecule has 1 saturated heterocycles. The molecule has 1 aliphatic heterocycles. The lowest BCUT2D eigenvalue weighted by Gasteiger charge is -2.53. The maximum atomic E-state index is 13.2. The quantitative estimate of drug-likeness (QED) is 0.768. The number of hydrogen-bond acceptors (Lipinski definition) is 3. The highest BCUT2D eigenvalue weighted by molar-refractivity contribution is 7.89. The maximum absolute atomic E-state index is 13.2. The number of carbonyl (C=O) groups excluding carboxylic acids is 1. The number of hydrogen-bond donors (Lipinski definition) is 0. The monoisotopic (exact) mass is 392 g/mol. The van der Waals surface area contributed by atoms with Crippen molar-refractivity contribution in [2.24, 2.45) is 11.3 Å². The average Bonchev–Trinajstić information content (AvgIpc) is 2.61.